The lowest BCUT2D eigenvalue weighted by Gasteiger charge is -2.17. The van der Waals surface area contributed by atoms with Gasteiger partial charge in [0.1, 0.15) is 5.75 Å². The number of nitrogens with one attached hydrogen (secondary N) is 1. The van der Waals surface area contributed by atoms with E-state index in [2.05, 4.69) is 41.4 Å². The summed E-state index contributed by atoms with van der Waals surface area (Å²) in [6.45, 7) is 6.07. The maximum atomic E-state index is 12.3. The van der Waals surface area contributed by atoms with Gasteiger partial charge in [0, 0.05) is 24.3 Å². The van der Waals surface area contributed by atoms with E-state index in [1.807, 2.05) is 24.3 Å². The molecule has 0 atom stereocenters. The summed E-state index contributed by atoms with van der Waals surface area (Å²) in [5.74, 6) is -0.117. The zero-order valence-electron chi connectivity index (χ0n) is 16.5. The number of carbonyl (C=O) groups excluding carboxylic acids is 1. The number of hydrogen-bond donors (Lipinski definition) is 2. The fraction of sp³-hybridized carbons (Fsp3) is 0.167. The average molecular weight is 385 g/mol. The minimum Gasteiger partial charge on any atom is -0.508 e. The molecule has 0 aliphatic carbocycles. The molecule has 0 fully saturated rings. The summed E-state index contributed by atoms with van der Waals surface area (Å²) in [6, 6.07) is 18.8. The van der Waals surface area contributed by atoms with E-state index < -0.39 is 0 Å². The minimum atomic E-state index is -0.274. The number of aryl methyl sites for hydroxylation is 2. The van der Waals surface area contributed by atoms with Crippen LogP contribution in [0.25, 0.3) is 0 Å². The van der Waals surface area contributed by atoms with Crippen molar-refractivity contribution in [2.45, 2.75) is 26.9 Å². The molecule has 2 N–H and O–H groups in total. The standard InChI is InChI=1S/C24H23N3O2/c1-16-10-20-14-27(15-21(20)11-17(16)2)22-8-6-19(7-9-22)24(29)26-25-13-18-4-3-5-23(28)12-18/h3-13,28H,14-15H2,1-2H3,(H,26,29). The van der Waals surface area contributed by atoms with Crippen LogP contribution in [0.1, 0.15) is 38.2 Å². The Balaban J connectivity index is 1.40. The maximum Gasteiger partial charge on any atom is 0.271 e. The van der Waals surface area contributed by atoms with Gasteiger partial charge in [-0.1, -0.05) is 24.3 Å². The van der Waals surface area contributed by atoms with Crippen molar-refractivity contribution >= 4 is 17.8 Å². The Morgan fingerprint density at radius 1 is 1.00 bits per heavy atom. The van der Waals surface area contributed by atoms with E-state index in [1.165, 1.54) is 28.5 Å². The molecular formula is C24H23N3O2. The predicted octanol–water partition coefficient (Wildman–Crippen LogP) is 4.29. The predicted molar refractivity (Wildman–Crippen MR) is 115 cm³/mol. The minimum absolute atomic E-state index is 0.158. The topological polar surface area (TPSA) is 64.9 Å². The third-order valence-corrected chi connectivity index (χ3v) is 5.28. The van der Waals surface area contributed by atoms with Gasteiger partial charge >= 0.3 is 0 Å². The molecule has 0 radical (unpaired) electrons. The van der Waals surface area contributed by atoms with Crippen molar-refractivity contribution in [3.8, 4) is 5.75 Å². The molecule has 3 aromatic rings. The van der Waals surface area contributed by atoms with Crippen molar-refractivity contribution in [3.05, 3.63) is 94.0 Å². The highest BCUT2D eigenvalue weighted by molar-refractivity contribution is 5.95. The molecule has 1 aliphatic rings. The summed E-state index contributed by atoms with van der Waals surface area (Å²) in [5, 5.41) is 13.4. The highest BCUT2D eigenvalue weighted by Gasteiger charge is 2.20. The first kappa shape index (κ1) is 18.7. The first-order chi connectivity index (χ1) is 14.0. The molecule has 146 valence electrons. The van der Waals surface area contributed by atoms with Gasteiger partial charge in [0.05, 0.1) is 6.21 Å². The normalized spacial score (nSPS) is 13.0. The van der Waals surface area contributed by atoms with Gasteiger partial charge in [0.15, 0.2) is 0 Å². The lowest BCUT2D eigenvalue weighted by molar-refractivity contribution is 0.0955. The quantitative estimate of drug-likeness (QED) is 0.520. The molecule has 4 rings (SSSR count). The summed E-state index contributed by atoms with van der Waals surface area (Å²) < 4.78 is 0. The second-order valence-corrected chi connectivity index (χ2v) is 7.40. The van der Waals surface area contributed by atoms with Crippen LogP contribution in [0.2, 0.25) is 0 Å². The number of hydrazone groups is 1. The number of rotatable bonds is 4. The zero-order chi connectivity index (χ0) is 20.4. The van der Waals surface area contributed by atoms with E-state index in [4.69, 9.17) is 0 Å². The molecule has 0 bridgehead atoms. The Morgan fingerprint density at radius 3 is 2.28 bits per heavy atom. The van der Waals surface area contributed by atoms with Crippen LogP contribution in [-0.4, -0.2) is 17.2 Å². The molecule has 5 heteroatoms. The van der Waals surface area contributed by atoms with Gasteiger partial charge in [0.25, 0.3) is 5.91 Å². The Morgan fingerprint density at radius 2 is 1.66 bits per heavy atom. The van der Waals surface area contributed by atoms with E-state index in [-0.39, 0.29) is 11.7 Å². The smallest absolute Gasteiger partial charge is 0.271 e. The van der Waals surface area contributed by atoms with Crippen LogP contribution in [0.4, 0.5) is 5.69 Å². The molecule has 0 saturated carbocycles. The van der Waals surface area contributed by atoms with Crippen LogP contribution in [0, 0.1) is 13.8 Å². The summed E-state index contributed by atoms with van der Waals surface area (Å²) in [4.78, 5) is 14.6. The van der Waals surface area contributed by atoms with Crippen molar-refractivity contribution in [3.63, 3.8) is 0 Å². The van der Waals surface area contributed by atoms with E-state index in [9.17, 15) is 9.90 Å². The molecule has 0 aromatic heterocycles. The number of aromatic hydroxyl groups is 1. The molecule has 1 aliphatic heterocycles. The van der Waals surface area contributed by atoms with Gasteiger partial charge in [-0.25, -0.2) is 5.43 Å². The van der Waals surface area contributed by atoms with Gasteiger partial charge in [0.2, 0.25) is 0 Å². The van der Waals surface area contributed by atoms with Gasteiger partial charge in [-0.15, -0.1) is 0 Å². The van der Waals surface area contributed by atoms with Crippen molar-refractivity contribution in [1.29, 1.82) is 0 Å². The van der Waals surface area contributed by atoms with Gasteiger partial charge in [-0.3, -0.25) is 4.79 Å². The molecule has 5 nitrogen and oxygen atoms in total. The molecule has 1 amide bonds. The second-order valence-electron chi connectivity index (χ2n) is 7.40. The van der Waals surface area contributed by atoms with Crippen LogP contribution in [0.5, 0.6) is 5.75 Å². The van der Waals surface area contributed by atoms with E-state index in [0.29, 0.717) is 11.1 Å². The lowest BCUT2D eigenvalue weighted by atomic mass is 10.0. The fourth-order valence-corrected chi connectivity index (χ4v) is 3.54. The SMILES string of the molecule is Cc1cc2c(cc1C)CN(c1ccc(C(=O)NN=Cc3cccc(O)c3)cc1)C2. The summed E-state index contributed by atoms with van der Waals surface area (Å²) in [7, 11) is 0. The average Bonchev–Trinajstić information content (AvgIpc) is 3.11. The summed E-state index contributed by atoms with van der Waals surface area (Å²) >= 11 is 0. The van der Waals surface area contributed by atoms with Crippen LogP contribution in [-0.2, 0) is 13.1 Å². The molecule has 1 heterocycles. The highest BCUT2D eigenvalue weighted by atomic mass is 16.3. The second kappa shape index (κ2) is 7.80. The molecule has 3 aromatic carbocycles. The summed E-state index contributed by atoms with van der Waals surface area (Å²) in [5.41, 5.74) is 10.3. The fourth-order valence-electron chi connectivity index (χ4n) is 3.54. The first-order valence-corrected chi connectivity index (χ1v) is 9.56. The van der Waals surface area contributed by atoms with Crippen LogP contribution < -0.4 is 10.3 Å². The molecular weight excluding hydrogens is 362 g/mol. The Kier molecular flexibility index (Phi) is 5.04. The van der Waals surface area contributed by atoms with Crippen molar-refractivity contribution < 1.29 is 9.90 Å². The van der Waals surface area contributed by atoms with Crippen molar-refractivity contribution in [2.24, 2.45) is 5.10 Å². The largest absolute Gasteiger partial charge is 0.508 e. The third kappa shape index (κ3) is 4.14. The molecule has 0 unspecified atom stereocenters. The van der Waals surface area contributed by atoms with Gasteiger partial charge in [-0.2, -0.15) is 5.10 Å². The Hall–Kier alpha value is -3.60. The number of nitrogens with zero attached hydrogens (tertiary/aromatic N) is 2. The number of hydrogen-bond acceptors (Lipinski definition) is 4. The van der Waals surface area contributed by atoms with Crippen molar-refractivity contribution in [2.75, 3.05) is 4.90 Å². The van der Waals surface area contributed by atoms with Crippen LogP contribution >= 0.6 is 0 Å². The van der Waals surface area contributed by atoms with E-state index >= 15 is 0 Å². The number of phenolic OH excluding ortho intramolecular Hbond substituents is 1. The van der Waals surface area contributed by atoms with E-state index in [0.717, 1.165) is 18.8 Å². The van der Waals surface area contributed by atoms with Crippen molar-refractivity contribution in [1.82, 2.24) is 5.43 Å². The van der Waals surface area contributed by atoms with Crippen LogP contribution in [0.3, 0.4) is 0 Å². The lowest BCUT2D eigenvalue weighted by Crippen LogP contribution is -2.18. The Bertz CT molecular complexity index is 1060. The number of phenols is 1. The highest BCUT2D eigenvalue weighted by Crippen LogP contribution is 2.30. The summed E-state index contributed by atoms with van der Waals surface area (Å²) in [6.07, 6.45) is 1.50. The number of anilines is 1. The number of benzene rings is 3. The van der Waals surface area contributed by atoms with Crippen LogP contribution in [0.15, 0.2) is 65.8 Å². The van der Waals surface area contributed by atoms with E-state index in [1.54, 1.807) is 24.3 Å². The number of amides is 1. The number of fused-ring (bicyclic) bond motifs is 1. The maximum absolute atomic E-state index is 12.3. The molecule has 0 saturated heterocycles. The zero-order valence-corrected chi connectivity index (χ0v) is 16.5. The first-order valence-electron chi connectivity index (χ1n) is 9.56. The monoisotopic (exact) mass is 385 g/mol. The molecule has 29 heavy (non-hydrogen) atoms. The third-order valence-electron chi connectivity index (χ3n) is 5.28. The van der Waals surface area contributed by atoms with Gasteiger partial charge in [-0.05, 0) is 78.1 Å². The molecule has 0 spiro atoms. The van der Waals surface area contributed by atoms with Gasteiger partial charge < -0.3 is 10.0 Å². The Labute approximate surface area is 170 Å². The number of carbonyl (C=O) groups is 1.